The second-order valence-electron chi connectivity index (χ2n) is 6.78. The van der Waals surface area contributed by atoms with Gasteiger partial charge in [0, 0.05) is 17.1 Å². The van der Waals surface area contributed by atoms with Gasteiger partial charge in [0.25, 0.3) is 0 Å². The van der Waals surface area contributed by atoms with E-state index < -0.39 is 0 Å². The van der Waals surface area contributed by atoms with Crippen LogP contribution in [0.2, 0.25) is 0 Å². The first-order valence-corrected chi connectivity index (χ1v) is 9.32. The molecule has 0 N–H and O–H groups in total. The number of nitrogens with zero attached hydrogens (tertiary/aromatic N) is 3. The monoisotopic (exact) mass is 389 g/mol. The molecule has 2 aromatic carbocycles. The number of aryl methyl sites for hydroxylation is 1. The first-order chi connectivity index (χ1) is 14.1. The number of fused-ring (bicyclic) bond motifs is 1. The fourth-order valence-electron chi connectivity index (χ4n) is 3.42. The minimum absolute atomic E-state index is 0.556. The average molecular weight is 389 g/mol. The highest BCUT2D eigenvalue weighted by molar-refractivity contribution is 5.92. The third-order valence-corrected chi connectivity index (χ3v) is 4.90. The smallest absolute Gasteiger partial charge is 0.203 e. The van der Waals surface area contributed by atoms with Crippen LogP contribution in [0.1, 0.15) is 11.1 Å². The number of methoxy groups -OCH3 is 3. The Morgan fingerprint density at radius 2 is 1.59 bits per heavy atom. The molecule has 0 aliphatic heterocycles. The van der Waals surface area contributed by atoms with E-state index in [9.17, 15) is 0 Å². The van der Waals surface area contributed by atoms with E-state index in [0.29, 0.717) is 23.8 Å². The molecule has 29 heavy (non-hydrogen) atoms. The van der Waals surface area contributed by atoms with E-state index in [1.807, 2.05) is 28.9 Å². The quantitative estimate of drug-likeness (QED) is 0.487. The Kier molecular flexibility index (Phi) is 5.08. The molecular formula is C23H23N3O3. The summed E-state index contributed by atoms with van der Waals surface area (Å²) in [6.07, 6.45) is 1.79. The standard InChI is InChI=1S/C23H23N3O3/c1-15-7-9-16(10-8-15)14-26-23-18(6-5-11-24-23)21(25-26)17-12-19(27-2)22(29-4)20(13-17)28-3/h5-13H,14H2,1-4H3. The zero-order chi connectivity index (χ0) is 20.4. The first kappa shape index (κ1) is 18.8. The van der Waals surface area contributed by atoms with E-state index in [0.717, 1.165) is 22.3 Å². The molecule has 2 heterocycles. The van der Waals surface area contributed by atoms with E-state index >= 15 is 0 Å². The van der Waals surface area contributed by atoms with Crippen LogP contribution in [0.5, 0.6) is 17.2 Å². The summed E-state index contributed by atoms with van der Waals surface area (Å²) >= 11 is 0. The zero-order valence-corrected chi connectivity index (χ0v) is 17.0. The van der Waals surface area contributed by atoms with Gasteiger partial charge in [0.15, 0.2) is 17.1 Å². The molecule has 0 spiro atoms. The Hall–Kier alpha value is -3.54. The van der Waals surface area contributed by atoms with Crippen LogP contribution in [0.15, 0.2) is 54.7 Å². The van der Waals surface area contributed by atoms with Crippen LogP contribution in [0, 0.1) is 6.92 Å². The Bertz CT molecular complexity index is 1120. The minimum Gasteiger partial charge on any atom is -0.493 e. The Morgan fingerprint density at radius 1 is 0.897 bits per heavy atom. The highest BCUT2D eigenvalue weighted by Crippen LogP contribution is 2.42. The third kappa shape index (κ3) is 3.49. The lowest BCUT2D eigenvalue weighted by Crippen LogP contribution is -2.02. The molecule has 0 aliphatic carbocycles. The van der Waals surface area contributed by atoms with Crippen molar-refractivity contribution in [1.82, 2.24) is 14.8 Å². The molecule has 0 fully saturated rings. The van der Waals surface area contributed by atoms with Crippen molar-refractivity contribution in [3.8, 4) is 28.5 Å². The van der Waals surface area contributed by atoms with Gasteiger partial charge >= 0.3 is 0 Å². The van der Waals surface area contributed by atoms with E-state index in [2.05, 4.69) is 36.2 Å². The fraction of sp³-hybridized carbons (Fsp3) is 0.217. The summed E-state index contributed by atoms with van der Waals surface area (Å²) in [5, 5.41) is 5.85. The van der Waals surface area contributed by atoms with Crippen LogP contribution in [-0.4, -0.2) is 36.1 Å². The SMILES string of the molecule is COc1cc(-c2nn(Cc3ccc(C)cc3)c3ncccc23)cc(OC)c1OC. The van der Waals surface area contributed by atoms with Gasteiger partial charge in [-0.15, -0.1) is 0 Å². The molecule has 0 radical (unpaired) electrons. The van der Waals surface area contributed by atoms with Crippen LogP contribution < -0.4 is 14.2 Å². The maximum Gasteiger partial charge on any atom is 0.203 e. The molecule has 4 aromatic rings. The second-order valence-corrected chi connectivity index (χ2v) is 6.78. The van der Waals surface area contributed by atoms with Gasteiger partial charge < -0.3 is 14.2 Å². The Balaban J connectivity index is 1.86. The summed E-state index contributed by atoms with van der Waals surface area (Å²) in [5.74, 6) is 1.74. The Labute approximate surface area is 169 Å². The number of pyridine rings is 1. The van der Waals surface area contributed by atoms with E-state index in [1.165, 1.54) is 11.1 Å². The molecule has 4 rings (SSSR count). The number of aromatic nitrogens is 3. The normalized spacial score (nSPS) is 10.9. The molecule has 0 bridgehead atoms. The Morgan fingerprint density at radius 3 is 2.21 bits per heavy atom. The molecule has 6 heteroatoms. The first-order valence-electron chi connectivity index (χ1n) is 9.32. The number of ether oxygens (including phenoxy) is 3. The molecule has 6 nitrogen and oxygen atoms in total. The van der Waals surface area contributed by atoms with Crippen LogP contribution in [0.4, 0.5) is 0 Å². The second kappa shape index (κ2) is 7.83. The van der Waals surface area contributed by atoms with Gasteiger partial charge in [-0.2, -0.15) is 5.10 Å². The molecule has 0 unspecified atom stereocenters. The summed E-state index contributed by atoms with van der Waals surface area (Å²) in [6.45, 7) is 2.72. The van der Waals surface area contributed by atoms with E-state index in [-0.39, 0.29) is 0 Å². The summed E-state index contributed by atoms with van der Waals surface area (Å²) in [5.41, 5.74) is 4.92. The predicted molar refractivity (Wildman–Crippen MR) is 113 cm³/mol. The number of hydrogen-bond donors (Lipinski definition) is 0. The highest BCUT2D eigenvalue weighted by Gasteiger charge is 2.19. The third-order valence-electron chi connectivity index (χ3n) is 4.90. The van der Waals surface area contributed by atoms with Crippen molar-refractivity contribution in [1.29, 1.82) is 0 Å². The lowest BCUT2D eigenvalue weighted by Gasteiger charge is -2.13. The van der Waals surface area contributed by atoms with Crippen molar-refractivity contribution in [3.63, 3.8) is 0 Å². The maximum atomic E-state index is 5.51. The van der Waals surface area contributed by atoms with Gasteiger partial charge in [-0.3, -0.25) is 0 Å². The van der Waals surface area contributed by atoms with Crippen molar-refractivity contribution in [3.05, 3.63) is 65.9 Å². The van der Waals surface area contributed by atoms with E-state index in [4.69, 9.17) is 19.3 Å². The minimum atomic E-state index is 0.556. The van der Waals surface area contributed by atoms with Crippen LogP contribution in [0.25, 0.3) is 22.3 Å². The van der Waals surface area contributed by atoms with E-state index in [1.54, 1.807) is 27.5 Å². The molecule has 0 saturated carbocycles. The molecule has 148 valence electrons. The maximum absolute atomic E-state index is 5.51. The van der Waals surface area contributed by atoms with Gasteiger partial charge in [-0.1, -0.05) is 29.8 Å². The van der Waals surface area contributed by atoms with Crippen molar-refractivity contribution in [2.75, 3.05) is 21.3 Å². The molecule has 0 aliphatic rings. The van der Waals surface area contributed by atoms with Gasteiger partial charge in [-0.25, -0.2) is 9.67 Å². The van der Waals surface area contributed by atoms with Crippen molar-refractivity contribution < 1.29 is 14.2 Å². The van der Waals surface area contributed by atoms with Gasteiger partial charge in [0.05, 0.1) is 27.9 Å². The van der Waals surface area contributed by atoms with Crippen molar-refractivity contribution in [2.45, 2.75) is 13.5 Å². The summed E-state index contributed by atoms with van der Waals surface area (Å²) < 4.78 is 18.4. The van der Waals surface area contributed by atoms with Gasteiger partial charge in [0.2, 0.25) is 5.75 Å². The van der Waals surface area contributed by atoms with Crippen LogP contribution >= 0.6 is 0 Å². The average Bonchev–Trinajstić information content (AvgIpc) is 3.12. The summed E-state index contributed by atoms with van der Waals surface area (Å²) in [7, 11) is 4.81. The predicted octanol–water partition coefficient (Wildman–Crippen LogP) is 4.48. The largest absolute Gasteiger partial charge is 0.493 e. The lowest BCUT2D eigenvalue weighted by molar-refractivity contribution is 0.324. The summed E-state index contributed by atoms with van der Waals surface area (Å²) in [6, 6.07) is 16.2. The molecule has 2 aromatic heterocycles. The van der Waals surface area contributed by atoms with Crippen LogP contribution in [0.3, 0.4) is 0 Å². The highest BCUT2D eigenvalue weighted by atomic mass is 16.5. The number of hydrogen-bond acceptors (Lipinski definition) is 5. The van der Waals surface area contributed by atoms with Crippen molar-refractivity contribution in [2.24, 2.45) is 0 Å². The molecule has 0 atom stereocenters. The molecule has 0 saturated heterocycles. The van der Waals surface area contributed by atoms with Crippen LogP contribution in [-0.2, 0) is 6.54 Å². The molecular weight excluding hydrogens is 366 g/mol. The van der Waals surface area contributed by atoms with Gasteiger partial charge in [0.1, 0.15) is 5.69 Å². The fourth-order valence-corrected chi connectivity index (χ4v) is 3.42. The lowest BCUT2D eigenvalue weighted by atomic mass is 10.1. The molecule has 0 amide bonds. The van der Waals surface area contributed by atoms with Gasteiger partial charge in [-0.05, 0) is 36.8 Å². The number of benzene rings is 2. The van der Waals surface area contributed by atoms with Crippen molar-refractivity contribution >= 4 is 11.0 Å². The number of rotatable bonds is 6. The topological polar surface area (TPSA) is 58.4 Å². The summed E-state index contributed by atoms with van der Waals surface area (Å²) in [4.78, 5) is 4.57. The zero-order valence-electron chi connectivity index (χ0n) is 17.0.